The van der Waals surface area contributed by atoms with Gasteiger partial charge < -0.3 is 10.2 Å². The third-order valence-corrected chi connectivity index (χ3v) is 10.3. The Labute approximate surface area is 279 Å². The van der Waals surface area contributed by atoms with E-state index in [4.69, 9.17) is 11.6 Å². The van der Waals surface area contributed by atoms with E-state index in [1.807, 2.05) is 75.4 Å². The maximum atomic E-state index is 14.5. The van der Waals surface area contributed by atoms with E-state index in [-0.39, 0.29) is 35.5 Å². The molecule has 0 aliphatic heterocycles. The summed E-state index contributed by atoms with van der Waals surface area (Å²) < 4.78 is 30.1. The normalized spacial score (nSPS) is 12.6. The summed E-state index contributed by atoms with van der Waals surface area (Å²) in [5, 5.41) is 3.42. The van der Waals surface area contributed by atoms with Gasteiger partial charge in [-0.05, 0) is 73.4 Å². The van der Waals surface area contributed by atoms with Gasteiger partial charge in [-0.3, -0.25) is 13.9 Å². The topological polar surface area (TPSA) is 86.8 Å². The fourth-order valence-corrected chi connectivity index (χ4v) is 6.86. The minimum Gasteiger partial charge on any atom is -0.352 e. The Hall–Kier alpha value is -3.66. The number of nitrogens with one attached hydrogen (secondary N) is 1. The number of nitrogens with zero attached hydrogens (tertiary/aromatic N) is 2. The van der Waals surface area contributed by atoms with Crippen molar-refractivity contribution >= 4 is 55.1 Å². The first-order valence-electron chi connectivity index (χ1n) is 14.7. The lowest BCUT2D eigenvalue weighted by Gasteiger charge is -2.34. The van der Waals surface area contributed by atoms with Crippen molar-refractivity contribution in [2.75, 3.05) is 10.8 Å². The van der Waals surface area contributed by atoms with Crippen molar-refractivity contribution in [2.45, 2.75) is 57.1 Å². The Balaban J connectivity index is 1.82. The monoisotopic (exact) mass is 709 g/mol. The molecule has 7 nitrogen and oxygen atoms in total. The highest BCUT2D eigenvalue weighted by Crippen LogP contribution is 2.29. The summed E-state index contributed by atoms with van der Waals surface area (Å²) in [5.41, 5.74) is 2.66. The summed E-state index contributed by atoms with van der Waals surface area (Å²) in [6, 6.07) is 28.8. The number of anilines is 1. The highest BCUT2D eigenvalue weighted by Gasteiger charge is 2.35. The average molecular weight is 711 g/mol. The third kappa shape index (κ3) is 8.96. The van der Waals surface area contributed by atoms with Crippen LogP contribution in [0.5, 0.6) is 0 Å². The number of benzene rings is 4. The molecule has 2 amide bonds. The van der Waals surface area contributed by atoms with Gasteiger partial charge in [-0.15, -0.1) is 0 Å². The van der Waals surface area contributed by atoms with Crippen LogP contribution < -0.4 is 9.62 Å². The molecule has 0 unspecified atom stereocenters. The highest BCUT2D eigenvalue weighted by molar-refractivity contribution is 9.10. The molecule has 236 valence electrons. The Morgan fingerprint density at radius 2 is 1.53 bits per heavy atom. The van der Waals surface area contributed by atoms with E-state index in [0.29, 0.717) is 11.4 Å². The SMILES string of the molecule is CC[C@H](C)NC(=O)[C@H](Cc1ccccc1)N(Cc1cccc(Br)c1)C(=O)CN(c1ccc(C)c(Cl)c1)S(=O)(=O)c1ccccc1. The Bertz CT molecular complexity index is 1720. The average Bonchev–Trinajstić information content (AvgIpc) is 3.03. The molecule has 45 heavy (non-hydrogen) atoms. The van der Waals surface area contributed by atoms with Crippen LogP contribution in [-0.2, 0) is 32.6 Å². The molecule has 0 saturated heterocycles. The lowest BCUT2D eigenvalue weighted by Crippen LogP contribution is -2.54. The molecule has 4 rings (SSSR count). The number of hydrogen-bond donors (Lipinski definition) is 1. The summed E-state index contributed by atoms with van der Waals surface area (Å²) in [6.45, 7) is 5.23. The molecule has 2 atom stereocenters. The number of amides is 2. The van der Waals surface area contributed by atoms with Crippen molar-refractivity contribution < 1.29 is 18.0 Å². The summed E-state index contributed by atoms with van der Waals surface area (Å²) in [4.78, 5) is 30.0. The lowest BCUT2D eigenvalue weighted by atomic mass is 10.0. The zero-order valence-electron chi connectivity index (χ0n) is 25.5. The first-order valence-corrected chi connectivity index (χ1v) is 17.3. The van der Waals surface area contributed by atoms with Crippen LogP contribution in [0.2, 0.25) is 5.02 Å². The minimum absolute atomic E-state index is 0.0309. The first-order chi connectivity index (χ1) is 21.5. The van der Waals surface area contributed by atoms with Gasteiger partial charge >= 0.3 is 0 Å². The number of carbonyl (C=O) groups excluding carboxylic acids is 2. The number of aryl methyl sites for hydroxylation is 1. The molecule has 1 N–H and O–H groups in total. The second-order valence-corrected chi connectivity index (χ2v) is 14.1. The number of carbonyl (C=O) groups is 2. The van der Waals surface area contributed by atoms with Crippen molar-refractivity contribution in [1.29, 1.82) is 0 Å². The van der Waals surface area contributed by atoms with Gasteiger partial charge in [0.1, 0.15) is 12.6 Å². The number of rotatable bonds is 13. The maximum absolute atomic E-state index is 14.5. The summed E-state index contributed by atoms with van der Waals surface area (Å²) in [5.74, 6) is -0.848. The van der Waals surface area contributed by atoms with E-state index < -0.39 is 28.5 Å². The van der Waals surface area contributed by atoms with E-state index in [1.54, 1.807) is 36.4 Å². The fraction of sp³-hybridized carbons (Fsp3) is 0.257. The molecule has 0 aliphatic rings. The Morgan fingerprint density at radius 3 is 2.16 bits per heavy atom. The van der Waals surface area contributed by atoms with Crippen molar-refractivity contribution in [1.82, 2.24) is 10.2 Å². The maximum Gasteiger partial charge on any atom is 0.264 e. The van der Waals surface area contributed by atoms with Gasteiger partial charge in [0.25, 0.3) is 10.0 Å². The standard InChI is InChI=1S/C35H37BrClN3O4S/c1-4-26(3)38-35(42)33(21-27-12-7-5-8-13-27)39(23-28-14-11-15-29(36)20-28)34(41)24-40(30-19-18-25(2)32(37)22-30)45(43,44)31-16-9-6-10-17-31/h5-20,22,26,33H,4,21,23-24H2,1-3H3,(H,38,42)/t26-,33-/m0/s1. The number of sulfonamides is 1. The van der Waals surface area contributed by atoms with E-state index in [9.17, 15) is 18.0 Å². The molecule has 0 saturated carbocycles. The molecule has 0 radical (unpaired) electrons. The Kier molecular flexibility index (Phi) is 11.8. The third-order valence-electron chi connectivity index (χ3n) is 7.57. The second kappa shape index (κ2) is 15.6. The summed E-state index contributed by atoms with van der Waals surface area (Å²) in [7, 11) is -4.20. The van der Waals surface area contributed by atoms with E-state index in [2.05, 4.69) is 21.2 Å². The molecule has 4 aromatic carbocycles. The summed E-state index contributed by atoms with van der Waals surface area (Å²) in [6.07, 6.45) is 0.950. The predicted molar refractivity (Wildman–Crippen MR) is 184 cm³/mol. The van der Waals surface area contributed by atoms with Gasteiger partial charge in [0.15, 0.2) is 0 Å². The van der Waals surface area contributed by atoms with Crippen LogP contribution in [-0.4, -0.2) is 43.8 Å². The zero-order valence-corrected chi connectivity index (χ0v) is 28.6. The van der Waals surface area contributed by atoms with Crippen LogP contribution in [0.4, 0.5) is 5.69 Å². The molecular formula is C35H37BrClN3O4S. The van der Waals surface area contributed by atoms with Gasteiger partial charge in [-0.1, -0.05) is 101 Å². The van der Waals surface area contributed by atoms with Crippen LogP contribution in [0.15, 0.2) is 112 Å². The van der Waals surface area contributed by atoms with Gasteiger partial charge in [-0.25, -0.2) is 8.42 Å². The number of halogens is 2. The molecule has 10 heteroatoms. The largest absolute Gasteiger partial charge is 0.352 e. The Morgan fingerprint density at radius 1 is 0.889 bits per heavy atom. The first kappa shape index (κ1) is 34.2. The van der Waals surface area contributed by atoms with Crippen LogP contribution in [0.25, 0.3) is 0 Å². The van der Waals surface area contributed by atoms with Gasteiger partial charge in [-0.2, -0.15) is 0 Å². The molecule has 4 aromatic rings. The fourth-order valence-electron chi connectivity index (χ4n) is 4.81. The highest BCUT2D eigenvalue weighted by atomic mass is 79.9. The predicted octanol–water partition coefficient (Wildman–Crippen LogP) is 7.16. The van der Waals surface area contributed by atoms with E-state index in [1.165, 1.54) is 17.0 Å². The molecule has 0 fully saturated rings. The molecule has 0 aromatic heterocycles. The molecule has 0 spiro atoms. The van der Waals surface area contributed by atoms with Gasteiger partial charge in [0, 0.05) is 28.5 Å². The van der Waals surface area contributed by atoms with Gasteiger partial charge in [0.2, 0.25) is 11.8 Å². The van der Waals surface area contributed by atoms with Gasteiger partial charge in [0.05, 0.1) is 10.6 Å². The van der Waals surface area contributed by atoms with Crippen molar-refractivity contribution in [3.05, 3.63) is 129 Å². The molecule has 0 heterocycles. The smallest absolute Gasteiger partial charge is 0.264 e. The number of hydrogen-bond acceptors (Lipinski definition) is 4. The van der Waals surface area contributed by atoms with Crippen LogP contribution >= 0.6 is 27.5 Å². The summed E-state index contributed by atoms with van der Waals surface area (Å²) >= 11 is 9.95. The van der Waals surface area contributed by atoms with Crippen molar-refractivity contribution in [2.24, 2.45) is 0 Å². The quantitative estimate of drug-likeness (QED) is 0.160. The van der Waals surface area contributed by atoms with Crippen LogP contribution in [0, 0.1) is 6.92 Å². The van der Waals surface area contributed by atoms with E-state index in [0.717, 1.165) is 25.5 Å². The van der Waals surface area contributed by atoms with Crippen LogP contribution in [0.3, 0.4) is 0 Å². The molecule has 0 aliphatic carbocycles. The van der Waals surface area contributed by atoms with Crippen molar-refractivity contribution in [3.8, 4) is 0 Å². The van der Waals surface area contributed by atoms with Crippen LogP contribution in [0.1, 0.15) is 37.0 Å². The lowest BCUT2D eigenvalue weighted by molar-refractivity contribution is -0.140. The second-order valence-electron chi connectivity index (χ2n) is 10.9. The zero-order chi connectivity index (χ0) is 32.6. The molecule has 0 bridgehead atoms. The van der Waals surface area contributed by atoms with Crippen molar-refractivity contribution in [3.63, 3.8) is 0 Å². The van der Waals surface area contributed by atoms with E-state index >= 15 is 0 Å². The minimum atomic E-state index is -4.20. The molecular weight excluding hydrogens is 674 g/mol.